The van der Waals surface area contributed by atoms with Crippen LogP contribution in [0.15, 0.2) is 0 Å². The lowest BCUT2D eigenvalue weighted by molar-refractivity contribution is 2.50. The third-order valence-electron chi connectivity index (χ3n) is 0. The summed E-state index contributed by atoms with van der Waals surface area (Å²) in [4.78, 5) is 0. The Morgan fingerprint density at radius 1 is 0.250 bits per heavy atom. The van der Waals surface area contributed by atoms with E-state index < -0.39 is 0 Å². The zero-order chi connectivity index (χ0) is 0. The van der Waals surface area contributed by atoms with Crippen LogP contribution in [0.25, 0.3) is 0 Å². The van der Waals surface area contributed by atoms with Crippen molar-refractivity contribution < 1.29 is 0 Å². The second-order valence-corrected chi connectivity index (χ2v) is 0. The molecule has 0 heterocycles. The molecule has 0 bridgehead atoms. The Kier molecular flexibility index (Phi) is 46300. The maximum absolute atomic E-state index is 0. The maximum Gasteiger partial charge on any atom is -0.0776 e. The van der Waals surface area contributed by atoms with Crippen LogP contribution in [-0.2, 0) is 0 Å². The minimum absolute atomic E-state index is 0. The first-order valence-corrected chi connectivity index (χ1v) is 0. The van der Waals surface area contributed by atoms with Crippen LogP contribution in [0.4, 0.5) is 0 Å². The van der Waals surface area contributed by atoms with Crippen molar-refractivity contribution in [1.29, 1.82) is 0 Å². The summed E-state index contributed by atoms with van der Waals surface area (Å²) in [6.07, 6.45) is 0. The highest BCUT2D eigenvalue weighted by atomic mass is 31.0. The Morgan fingerprint density at radius 3 is 0.250 bits per heavy atom. The van der Waals surface area contributed by atoms with Gasteiger partial charge in [-0.1, -0.05) is 44.6 Å². The van der Waals surface area contributed by atoms with E-state index in [0.717, 1.165) is 0 Å². The summed E-state index contributed by atoms with van der Waals surface area (Å²) in [5.41, 5.74) is 0. The molecule has 0 aromatic heterocycles. The quantitative estimate of drug-likeness (QED) is 0.461. The first kappa shape index (κ1) is 740. The molecular weight excluding hydrogens is 134 g/mol. The van der Waals surface area contributed by atoms with Crippen LogP contribution >= 0.6 is 19.8 Å². The summed E-state index contributed by atoms with van der Waals surface area (Å²) in [6, 6.07) is 0. The van der Waals surface area contributed by atoms with Crippen LogP contribution in [0.2, 0.25) is 0 Å². The van der Waals surface area contributed by atoms with Gasteiger partial charge in [-0.05, 0) is 0 Å². The van der Waals surface area contributed by atoms with E-state index in [2.05, 4.69) is 0 Å². The van der Waals surface area contributed by atoms with E-state index in [1.165, 1.54) is 0 Å². The molecule has 0 aliphatic carbocycles. The first-order chi connectivity index (χ1) is 0. The topological polar surface area (TPSA) is 0 Å². The Hall–Kier alpha value is 0.860. The third-order valence-corrected chi connectivity index (χ3v) is 0. The third kappa shape index (κ3) is 319. The van der Waals surface area contributed by atoms with E-state index in [9.17, 15) is 0 Å². The van der Waals surface area contributed by atoms with E-state index in [-0.39, 0.29) is 64.4 Å². The monoisotopic (exact) mass is 162 g/mol. The first-order valence-electron chi connectivity index (χ1n) is 0. The zero-order valence-electron chi connectivity index (χ0n) is 1.15. The van der Waals surface area contributed by atoms with Crippen LogP contribution in [-0.4, -0.2) is 0 Å². The van der Waals surface area contributed by atoms with Gasteiger partial charge in [-0.15, -0.1) is 0 Å². The standard InChI is InChI=1S/6CH4.2H2P/h6*1H4;2*1H2/q;;;;;;2*-1. The van der Waals surface area contributed by atoms with Crippen LogP contribution in [0.5, 0.6) is 0 Å². The summed E-state index contributed by atoms with van der Waals surface area (Å²) in [6.45, 7) is 0. The molecule has 0 amide bonds. The summed E-state index contributed by atoms with van der Waals surface area (Å²) >= 11 is 0. The lowest BCUT2D eigenvalue weighted by atomic mass is 12.0. The number of rotatable bonds is 0. The summed E-state index contributed by atoms with van der Waals surface area (Å²) in [7, 11) is 0. The van der Waals surface area contributed by atoms with Gasteiger partial charge in [0.2, 0.25) is 0 Å². The van der Waals surface area contributed by atoms with Crippen molar-refractivity contribution >= 4 is 19.8 Å². The van der Waals surface area contributed by atoms with E-state index in [0.29, 0.717) is 0 Å². The van der Waals surface area contributed by atoms with E-state index in [4.69, 9.17) is 0 Å². The Morgan fingerprint density at radius 2 is 0.250 bits per heavy atom. The molecule has 0 saturated carbocycles. The average molecular weight is 162 g/mol. The van der Waals surface area contributed by atoms with E-state index >= 15 is 0 Å². The Labute approximate surface area is 65.1 Å². The van der Waals surface area contributed by atoms with E-state index in [1.807, 2.05) is 0 Å². The fourth-order valence-corrected chi connectivity index (χ4v) is 0. The molecule has 0 nitrogen and oxygen atoms in total. The van der Waals surface area contributed by atoms with Crippen LogP contribution in [0, 0.1) is 0 Å². The van der Waals surface area contributed by atoms with Gasteiger partial charge < -0.3 is 19.8 Å². The minimum Gasteiger partial charge on any atom is -0.577 e. The van der Waals surface area contributed by atoms with Gasteiger partial charge in [0.15, 0.2) is 0 Å². The molecule has 0 N–H and O–H groups in total. The molecule has 0 rings (SSSR count). The van der Waals surface area contributed by atoms with Crippen molar-refractivity contribution in [2.45, 2.75) is 44.6 Å². The fourth-order valence-electron chi connectivity index (χ4n) is 0. The molecule has 0 fully saturated rings. The van der Waals surface area contributed by atoms with Gasteiger partial charge in [0.1, 0.15) is 0 Å². The van der Waals surface area contributed by atoms with Crippen molar-refractivity contribution in [1.82, 2.24) is 0 Å². The summed E-state index contributed by atoms with van der Waals surface area (Å²) in [5.74, 6) is 0. The highest BCUT2D eigenvalue weighted by Crippen LogP contribution is 0.862. The van der Waals surface area contributed by atoms with Gasteiger partial charge in [-0.3, -0.25) is 0 Å². The molecule has 0 aliphatic rings. The minimum atomic E-state index is 0. The predicted molar refractivity (Wildman–Crippen MR) is 59.8 cm³/mol. The maximum atomic E-state index is 0. The molecule has 0 aliphatic heterocycles. The van der Waals surface area contributed by atoms with Gasteiger partial charge in [0, 0.05) is 0 Å². The van der Waals surface area contributed by atoms with Crippen molar-refractivity contribution in [2.24, 2.45) is 0 Å². The highest BCUT2D eigenvalue weighted by molar-refractivity contribution is 6.92. The molecule has 0 aromatic rings. The molecular formula is C6H28P2-2. The smallest absolute Gasteiger partial charge is 0.0776 e. The molecule has 0 atom stereocenters. The van der Waals surface area contributed by atoms with Gasteiger partial charge >= 0.3 is 0 Å². The van der Waals surface area contributed by atoms with Crippen molar-refractivity contribution in [3.05, 3.63) is 0 Å². The second kappa shape index (κ2) is 500. The van der Waals surface area contributed by atoms with Gasteiger partial charge in [0.05, 0.1) is 0 Å². The predicted octanol–water partition coefficient (Wildman–Crippen LogP) is 4.47. The highest BCUT2D eigenvalue weighted by Gasteiger charge is -0.0725. The van der Waals surface area contributed by atoms with Gasteiger partial charge in [-0.25, -0.2) is 0 Å². The molecule has 0 unspecified atom stereocenters. The molecule has 0 spiro atoms. The number of hydrogen-bond donors (Lipinski definition) is 0. The van der Waals surface area contributed by atoms with Crippen LogP contribution < -0.4 is 0 Å². The molecule has 0 aromatic carbocycles. The fraction of sp³-hybridized carbons (Fsp3) is 1.00. The van der Waals surface area contributed by atoms with Crippen molar-refractivity contribution in [3.8, 4) is 0 Å². The molecule has 64 valence electrons. The van der Waals surface area contributed by atoms with Crippen LogP contribution in [0.1, 0.15) is 44.6 Å². The van der Waals surface area contributed by atoms with Crippen molar-refractivity contribution in [2.75, 3.05) is 0 Å². The Balaban J connectivity index is 0. The Bertz CT molecular complexity index is 6.49. The summed E-state index contributed by atoms with van der Waals surface area (Å²) in [5, 5.41) is 0. The van der Waals surface area contributed by atoms with Gasteiger partial charge in [0.25, 0.3) is 0 Å². The lowest BCUT2D eigenvalue weighted by Crippen LogP contribution is 0.143. The van der Waals surface area contributed by atoms with Crippen LogP contribution in [0.3, 0.4) is 0 Å². The normalized spacial score (nSPS) is 0. The second-order valence-electron chi connectivity index (χ2n) is 0. The largest absolute Gasteiger partial charge is 0.577 e. The SMILES string of the molecule is C.C.C.C.C.C.[PH2-].[PH2-]. The zero-order valence-corrected chi connectivity index (χ0v) is 3.46. The lowest BCUT2D eigenvalue weighted by Gasteiger charge is -0.578. The average Bonchev–Trinajstić information content (AvgIpc) is 0. The van der Waals surface area contributed by atoms with E-state index in [1.54, 1.807) is 0 Å². The molecule has 8 heavy (non-hydrogen) atoms. The van der Waals surface area contributed by atoms with Crippen molar-refractivity contribution in [3.63, 3.8) is 0 Å². The van der Waals surface area contributed by atoms with Gasteiger partial charge in [-0.2, -0.15) is 0 Å². The molecule has 0 radical (unpaired) electrons. The molecule has 0 saturated heterocycles. The molecule has 2 heteroatoms. The number of hydrogen-bond acceptors (Lipinski definition) is 0. The summed E-state index contributed by atoms with van der Waals surface area (Å²) < 4.78 is 0.